The van der Waals surface area contributed by atoms with Crippen LogP contribution in [0, 0.1) is 3.57 Å². The average Bonchev–Trinajstić information content (AvgIpc) is 2.36. The van der Waals surface area contributed by atoms with E-state index < -0.39 is 0 Å². The molecule has 0 saturated heterocycles. The second kappa shape index (κ2) is 5.93. The van der Waals surface area contributed by atoms with E-state index in [4.69, 9.17) is 0 Å². The summed E-state index contributed by atoms with van der Waals surface area (Å²) >= 11 is 5.88. The van der Waals surface area contributed by atoms with Crippen molar-refractivity contribution in [2.24, 2.45) is 0 Å². The predicted octanol–water partition coefficient (Wildman–Crippen LogP) is 3.76. The lowest BCUT2D eigenvalue weighted by Gasteiger charge is -2.18. The predicted molar refractivity (Wildman–Crippen MR) is 82.0 cm³/mol. The molecule has 0 aliphatic heterocycles. The number of pyridine rings is 1. The second-order valence-corrected chi connectivity index (χ2v) is 5.75. The molecule has 2 nitrogen and oxygen atoms in total. The molecule has 0 aliphatic carbocycles. The highest BCUT2D eigenvalue weighted by molar-refractivity contribution is 14.1. The Morgan fingerprint density at radius 2 is 2.18 bits per heavy atom. The molecule has 0 bridgehead atoms. The molecule has 88 valence electrons. The molecule has 1 heterocycles. The molecule has 1 N–H and O–H groups in total. The van der Waals surface area contributed by atoms with Crippen LogP contribution in [0.5, 0.6) is 0 Å². The van der Waals surface area contributed by atoms with Crippen LogP contribution in [0.3, 0.4) is 0 Å². The number of aromatic nitrogens is 1. The smallest absolute Gasteiger partial charge is 0.0600 e. The van der Waals surface area contributed by atoms with E-state index in [1.165, 1.54) is 14.7 Å². The molecule has 17 heavy (non-hydrogen) atoms. The van der Waals surface area contributed by atoms with Gasteiger partial charge in [-0.25, -0.2) is 0 Å². The Bertz CT molecular complexity index is 502. The van der Waals surface area contributed by atoms with Gasteiger partial charge in [-0.1, -0.05) is 22.0 Å². The third-order valence-electron chi connectivity index (χ3n) is 2.58. The fourth-order valence-electron chi connectivity index (χ4n) is 1.78. The molecule has 0 fully saturated rings. The van der Waals surface area contributed by atoms with Gasteiger partial charge in [-0.3, -0.25) is 4.98 Å². The summed E-state index contributed by atoms with van der Waals surface area (Å²) in [7, 11) is 1.97. The van der Waals surface area contributed by atoms with Crippen molar-refractivity contribution in [2.75, 3.05) is 7.05 Å². The molecule has 4 heteroatoms. The maximum Gasteiger partial charge on any atom is 0.0600 e. The highest BCUT2D eigenvalue weighted by Gasteiger charge is 2.15. The number of nitrogens with zero attached hydrogens (tertiary/aromatic N) is 1. The summed E-state index contributed by atoms with van der Waals surface area (Å²) in [6, 6.07) is 10.5. The zero-order valence-corrected chi connectivity index (χ0v) is 13.1. The van der Waals surface area contributed by atoms with Gasteiger partial charge in [0.25, 0.3) is 0 Å². The third-order valence-corrected chi connectivity index (χ3v) is 4.05. The lowest BCUT2D eigenvalue weighted by atomic mass is 10.0. The van der Waals surface area contributed by atoms with E-state index in [1.807, 2.05) is 19.3 Å². The normalized spacial score (nSPS) is 12.4. The summed E-state index contributed by atoms with van der Waals surface area (Å²) in [5.74, 6) is 0. The van der Waals surface area contributed by atoms with Gasteiger partial charge in [-0.15, -0.1) is 0 Å². The fraction of sp³-hybridized carbons (Fsp3) is 0.154. The summed E-state index contributed by atoms with van der Waals surface area (Å²) in [6.07, 6.45) is 3.69. The molecule has 0 radical (unpaired) electrons. The van der Waals surface area contributed by atoms with Gasteiger partial charge < -0.3 is 5.32 Å². The molecule has 1 unspecified atom stereocenters. The first-order chi connectivity index (χ1) is 8.22. The SMILES string of the molecule is CNC(c1cccnc1)c1cc(Br)ccc1I. The molecule has 0 spiro atoms. The number of hydrogen-bond donors (Lipinski definition) is 1. The summed E-state index contributed by atoms with van der Waals surface area (Å²) in [4.78, 5) is 4.18. The zero-order chi connectivity index (χ0) is 12.3. The minimum atomic E-state index is 0.174. The zero-order valence-electron chi connectivity index (χ0n) is 9.32. The summed E-state index contributed by atoms with van der Waals surface area (Å²) in [5.41, 5.74) is 2.43. The number of nitrogens with one attached hydrogen (secondary N) is 1. The quantitative estimate of drug-likeness (QED) is 0.790. The van der Waals surface area contributed by atoms with E-state index in [2.05, 4.69) is 73.1 Å². The van der Waals surface area contributed by atoms with Crippen molar-refractivity contribution in [1.82, 2.24) is 10.3 Å². The number of halogens is 2. The summed E-state index contributed by atoms with van der Waals surface area (Å²) in [6.45, 7) is 0. The van der Waals surface area contributed by atoms with Gasteiger partial charge in [0, 0.05) is 20.4 Å². The third kappa shape index (κ3) is 3.05. The standard InChI is InChI=1S/C13H12BrIN2/c1-16-13(9-3-2-6-17-8-9)11-7-10(14)4-5-12(11)15/h2-8,13,16H,1H3. The van der Waals surface area contributed by atoms with Crippen LogP contribution in [0.15, 0.2) is 47.2 Å². The van der Waals surface area contributed by atoms with Crippen molar-refractivity contribution < 1.29 is 0 Å². The molecule has 1 aromatic heterocycles. The van der Waals surface area contributed by atoms with Crippen molar-refractivity contribution >= 4 is 38.5 Å². The van der Waals surface area contributed by atoms with Crippen LogP contribution in [-0.4, -0.2) is 12.0 Å². The van der Waals surface area contributed by atoms with Gasteiger partial charge in [0.15, 0.2) is 0 Å². The lowest BCUT2D eigenvalue weighted by Crippen LogP contribution is -2.18. The van der Waals surface area contributed by atoms with Crippen molar-refractivity contribution in [3.05, 3.63) is 61.9 Å². The van der Waals surface area contributed by atoms with Crippen molar-refractivity contribution in [2.45, 2.75) is 6.04 Å². The van der Waals surface area contributed by atoms with Crippen LogP contribution >= 0.6 is 38.5 Å². The van der Waals surface area contributed by atoms with E-state index in [9.17, 15) is 0 Å². The van der Waals surface area contributed by atoms with E-state index >= 15 is 0 Å². The second-order valence-electron chi connectivity index (χ2n) is 3.67. The van der Waals surface area contributed by atoms with Crippen LogP contribution in [0.4, 0.5) is 0 Å². The van der Waals surface area contributed by atoms with E-state index in [1.54, 1.807) is 6.20 Å². The molecule has 2 rings (SSSR count). The Labute approximate surface area is 123 Å². The minimum Gasteiger partial charge on any atom is -0.309 e. The van der Waals surface area contributed by atoms with E-state index in [0.29, 0.717) is 0 Å². The molecule has 0 amide bonds. The fourth-order valence-corrected chi connectivity index (χ4v) is 2.81. The van der Waals surface area contributed by atoms with Crippen LogP contribution in [-0.2, 0) is 0 Å². The van der Waals surface area contributed by atoms with Crippen molar-refractivity contribution in [3.8, 4) is 0 Å². The minimum absolute atomic E-state index is 0.174. The van der Waals surface area contributed by atoms with Crippen LogP contribution in [0.2, 0.25) is 0 Å². The molecule has 1 atom stereocenters. The van der Waals surface area contributed by atoms with Gasteiger partial charge in [0.2, 0.25) is 0 Å². The lowest BCUT2D eigenvalue weighted by molar-refractivity contribution is 0.685. The molecule has 1 aromatic carbocycles. The largest absolute Gasteiger partial charge is 0.309 e. The van der Waals surface area contributed by atoms with Gasteiger partial charge in [-0.2, -0.15) is 0 Å². The number of rotatable bonds is 3. The van der Waals surface area contributed by atoms with Crippen LogP contribution < -0.4 is 5.32 Å². The first-order valence-corrected chi connectivity index (χ1v) is 7.11. The monoisotopic (exact) mass is 402 g/mol. The number of hydrogen-bond acceptors (Lipinski definition) is 2. The molecule has 0 aliphatic rings. The highest BCUT2D eigenvalue weighted by Crippen LogP contribution is 2.28. The van der Waals surface area contributed by atoms with E-state index in [0.717, 1.165) is 4.47 Å². The van der Waals surface area contributed by atoms with E-state index in [-0.39, 0.29) is 6.04 Å². The topological polar surface area (TPSA) is 24.9 Å². The van der Waals surface area contributed by atoms with Gasteiger partial charge >= 0.3 is 0 Å². The maximum atomic E-state index is 4.18. The Morgan fingerprint density at radius 3 is 2.82 bits per heavy atom. The highest BCUT2D eigenvalue weighted by atomic mass is 127. The number of benzene rings is 1. The van der Waals surface area contributed by atoms with Crippen LogP contribution in [0.25, 0.3) is 0 Å². The van der Waals surface area contributed by atoms with Crippen molar-refractivity contribution in [3.63, 3.8) is 0 Å². The Balaban J connectivity index is 2.46. The first kappa shape index (κ1) is 13.0. The Hall–Kier alpha value is -0.460. The molecular weight excluding hydrogens is 391 g/mol. The van der Waals surface area contributed by atoms with Crippen molar-refractivity contribution in [1.29, 1.82) is 0 Å². The average molecular weight is 403 g/mol. The summed E-state index contributed by atoms with van der Waals surface area (Å²) < 4.78 is 2.34. The van der Waals surface area contributed by atoms with Gasteiger partial charge in [0.05, 0.1) is 6.04 Å². The Kier molecular flexibility index (Phi) is 4.53. The maximum absolute atomic E-state index is 4.18. The molecule has 0 saturated carbocycles. The molecular formula is C13H12BrIN2. The Morgan fingerprint density at radius 1 is 1.35 bits per heavy atom. The van der Waals surface area contributed by atoms with Gasteiger partial charge in [-0.05, 0) is 65.0 Å². The molecule has 2 aromatic rings. The van der Waals surface area contributed by atoms with Crippen LogP contribution in [0.1, 0.15) is 17.2 Å². The first-order valence-electron chi connectivity index (χ1n) is 5.24. The summed E-state index contributed by atoms with van der Waals surface area (Å²) in [5, 5.41) is 3.34. The van der Waals surface area contributed by atoms with Gasteiger partial charge in [0.1, 0.15) is 0 Å².